The van der Waals surface area contributed by atoms with Gasteiger partial charge in [0.15, 0.2) is 0 Å². The average molecular weight is 165 g/mol. The molecule has 0 unspecified atom stereocenters. The summed E-state index contributed by atoms with van der Waals surface area (Å²) < 4.78 is -0.719. The molecule has 0 spiro atoms. The second kappa shape index (κ2) is 5.45. The molecule has 3 N–H and O–H groups in total. The average Bonchev–Trinajstić information content (AvgIpc) is 1.88. The first kappa shape index (κ1) is 10.8. The summed E-state index contributed by atoms with van der Waals surface area (Å²) in [5.41, 5.74) is 0. The Kier molecular flexibility index (Phi) is 5.35. The van der Waals surface area contributed by atoms with E-state index in [0.29, 0.717) is 0 Å². The fourth-order valence-electron chi connectivity index (χ4n) is 0.882. The molecule has 0 saturated carbocycles. The van der Waals surface area contributed by atoms with Gasteiger partial charge in [-0.3, -0.25) is 0 Å². The topological polar surface area (TPSA) is 83.8 Å². The summed E-state index contributed by atoms with van der Waals surface area (Å²) in [6.07, 6.45) is 0. The quantitative estimate of drug-likeness (QED) is 0.323. The Bertz CT molecular complexity index is 81.6. The molecule has 0 aromatic heterocycles. The van der Waals surface area contributed by atoms with E-state index >= 15 is 0 Å². The van der Waals surface area contributed by atoms with E-state index < -0.39 is 4.65 Å². The third-order valence-electron chi connectivity index (χ3n) is 1.52. The molecule has 0 atom stereocenters. The van der Waals surface area contributed by atoms with Crippen molar-refractivity contribution in [3.63, 3.8) is 0 Å². The van der Waals surface area contributed by atoms with Gasteiger partial charge in [-0.2, -0.15) is 0 Å². The van der Waals surface area contributed by atoms with Crippen LogP contribution in [0.5, 0.6) is 0 Å². The Labute approximate surface area is 65.7 Å². The van der Waals surface area contributed by atoms with E-state index in [9.17, 15) is 5.21 Å². The molecule has 11 heavy (non-hydrogen) atoms. The van der Waals surface area contributed by atoms with Gasteiger partial charge < -0.3 is 25.2 Å². The molecular formula is C6H15NO4. The zero-order valence-corrected chi connectivity index (χ0v) is 6.44. The van der Waals surface area contributed by atoms with E-state index in [-0.39, 0.29) is 39.5 Å². The molecule has 0 rings (SSSR count). The fraction of sp³-hybridized carbons (Fsp3) is 1.00. The van der Waals surface area contributed by atoms with Gasteiger partial charge in [0.2, 0.25) is 0 Å². The van der Waals surface area contributed by atoms with E-state index in [2.05, 4.69) is 0 Å². The number of hydrogen-bond donors (Lipinski definition) is 3. The minimum absolute atomic E-state index is 0.0289. The van der Waals surface area contributed by atoms with E-state index in [0.717, 1.165) is 0 Å². The number of aliphatic hydroxyl groups excluding tert-OH is 3. The van der Waals surface area contributed by atoms with Gasteiger partial charge in [0, 0.05) is 0 Å². The number of aliphatic hydroxyl groups is 3. The zero-order chi connectivity index (χ0) is 8.74. The van der Waals surface area contributed by atoms with Crippen molar-refractivity contribution < 1.29 is 20.0 Å². The Morgan fingerprint density at radius 1 is 0.818 bits per heavy atom. The molecule has 0 aliphatic heterocycles. The summed E-state index contributed by atoms with van der Waals surface area (Å²) >= 11 is 0. The van der Waals surface area contributed by atoms with Gasteiger partial charge >= 0.3 is 0 Å². The zero-order valence-electron chi connectivity index (χ0n) is 6.44. The van der Waals surface area contributed by atoms with Crippen LogP contribution in [0, 0.1) is 5.21 Å². The van der Waals surface area contributed by atoms with Crippen molar-refractivity contribution in [2.75, 3.05) is 39.5 Å². The molecule has 0 saturated heterocycles. The second-order valence-corrected chi connectivity index (χ2v) is 2.40. The van der Waals surface area contributed by atoms with E-state index in [1.807, 2.05) is 0 Å². The van der Waals surface area contributed by atoms with Gasteiger partial charge in [-0.1, -0.05) is 0 Å². The van der Waals surface area contributed by atoms with Crippen LogP contribution >= 0.6 is 0 Å². The standard InChI is InChI=1S/C6H15NO4/c8-4-1-7(11,2-5-9)3-6-10/h8-10H,1-6H2. The number of hydroxylamine groups is 3. The van der Waals surface area contributed by atoms with Crippen LogP contribution in [0.3, 0.4) is 0 Å². The summed E-state index contributed by atoms with van der Waals surface area (Å²) in [6, 6.07) is 0. The minimum Gasteiger partial charge on any atom is -0.633 e. The predicted octanol–water partition coefficient (Wildman–Crippen LogP) is -1.72. The molecule has 0 heterocycles. The van der Waals surface area contributed by atoms with Crippen LogP contribution < -0.4 is 0 Å². The first-order valence-corrected chi connectivity index (χ1v) is 3.58. The SMILES string of the molecule is [O-][N+](CCO)(CCO)CCO. The van der Waals surface area contributed by atoms with Crippen LogP contribution in [0.2, 0.25) is 0 Å². The summed E-state index contributed by atoms with van der Waals surface area (Å²) in [4.78, 5) is 0. The van der Waals surface area contributed by atoms with Crippen LogP contribution in [0.1, 0.15) is 0 Å². The lowest BCUT2D eigenvalue weighted by Crippen LogP contribution is -2.48. The highest BCUT2D eigenvalue weighted by molar-refractivity contribution is 4.42. The maximum Gasteiger partial charge on any atom is 0.102 e. The first-order chi connectivity index (χ1) is 5.18. The third-order valence-corrected chi connectivity index (χ3v) is 1.52. The Balaban J connectivity index is 3.79. The Morgan fingerprint density at radius 3 is 1.27 bits per heavy atom. The number of nitrogens with zero attached hydrogens (tertiary/aromatic N) is 1. The van der Waals surface area contributed by atoms with Gasteiger partial charge in [-0.15, -0.1) is 0 Å². The van der Waals surface area contributed by atoms with Crippen molar-refractivity contribution in [1.82, 2.24) is 0 Å². The Morgan fingerprint density at radius 2 is 1.09 bits per heavy atom. The van der Waals surface area contributed by atoms with Gasteiger partial charge in [0.1, 0.15) is 19.6 Å². The molecule has 5 heteroatoms. The summed E-state index contributed by atoms with van der Waals surface area (Å²) in [6.45, 7) is -0.570. The molecular weight excluding hydrogens is 150 g/mol. The van der Waals surface area contributed by atoms with Crippen molar-refractivity contribution >= 4 is 0 Å². The molecule has 68 valence electrons. The van der Waals surface area contributed by atoms with E-state index in [4.69, 9.17) is 15.3 Å². The van der Waals surface area contributed by atoms with E-state index in [1.165, 1.54) is 0 Å². The summed E-state index contributed by atoms with van der Waals surface area (Å²) in [5, 5.41) is 36.8. The largest absolute Gasteiger partial charge is 0.633 e. The monoisotopic (exact) mass is 165 g/mol. The number of rotatable bonds is 6. The highest BCUT2D eigenvalue weighted by Gasteiger charge is 2.13. The van der Waals surface area contributed by atoms with Crippen molar-refractivity contribution in [3.8, 4) is 0 Å². The van der Waals surface area contributed by atoms with Gasteiger partial charge in [-0.05, 0) is 0 Å². The first-order valence-electron chi connectivity index (χ1n) is 3.58. The fourth-order valence-corrected chi connectivity index (χ4v) is 0.882. The van der Waals surface area contributed by atoms with Crippen molar-refractivity contribution in [1.29, 1.82) is 0 Å². The smallest absolute Gasteiger partial charge is 0.102 e. The molecule has 0 bridgehead atoms. The summed E-state index contributed by atoms with van der Waals surface area (Å²) in [7, 11) is 0. The summed E-state index contributed by atoms with van der Waals surface area (Å²) in [5.74, 6) is 0. The van der Waals surface area contributed by atoms with Gasteiger partial charge in [-0.25, -0.2) is 0 Å². The minimum atomic E-state index is -0.719. The van der Waals surface area contributed by atoms with Crippen LogP contribution in [-0.2, 0) is 0 Å². The molecule has 0 aliphatic carbocycles. The highest BCUT2D eigenvalue weighted by Crippen LogP contribution is 2.01. The molecule has 0 aromatic rings. The normalized spacial score (nSPS) is 12.0. The van der Waals surface area contributed by atoms with Crippen LogP contribution in [0.15, 0.2) is 0 Å². The number of quaternary nitrogens is 1. The molecule has 0 radical (unpaired) electrons. The Hall–Kier alpha value is -0.200. The highest BCUT2D eigenvalue weighted by atomic mass is 16.5. The van der Waals surface area contributed by atoms with Crippen molar-refractivity contribution in [2.24, 2.45) is 0 Å². The molecule has 0 aromatic carbocycles. The lowest BCUT2D eigenvalue weighted by atomic mass is 10.4. The molecule has 0 fully saturated rings. The van der Waals surface area contributed by atoms with Crippen LogP contribution in [-0.4, -0.2) is 59.4 Å². The van der Waals surface area contributed by atoms with Crippen LogP contribution in [0.25, 0.3) is 0 Å². The molecule has 5 nitrogen and oxygen atoms in total. The predicted molar refractivity (Wildman–Crippen MR) is 39.5 cm³/mol. The van der Waals surface area contributed by atoms with Crippen molar-refractivity contribution in [2.45, 2.75) is 0 Å². The maximum absolute atomic E-state index is 11.4. The third kappa shape index (κ3) is 4.28. The van der Waals surface area contributed by atoms with Gasteiger partial charge in [0.05, 0.1) is 19.8 Å². The maximum atomic E-state index is 11.4. The van der Waals surface area contributed by atoms with Crippen molar-refractivity contribution in [3.05, 3.63) is 5.21 Å². The second-order valence-electron chi connectivity index (χ2n) is 2.40. The van der Waals surface area contributed by atoms with Gasteiger partial charge in [0.25, 0.3) is 0 Å². The molecule has 0 amide bonds. The lowest BCUT2D eigenvalue weighted by molar-refractivity contribution is -0.881. The number of hydrogen-bond acceptors (Lipinski definition) is 4. The molecule has 0 aliphatic rings. The lowest BCUT2D eigenvalue weighted by Gasteiger charge is -2.41. The van der Waals surface area contributed by atoms with Crippen LogP contribution in [0.4, 0.5) is 0 Å². The van der Waals surface area contributed by atoms with E-state index in [1.54, 1.807) is 0 Å².